The standard InChI is InChI=1S/C47H50N10O5/c58-40-13-12-39(45(60)53-40)57-46(61)37-11-10-35(25-38(37)47(57)62)55-20-14-30(15-21-55)26-54-18-16-32(17-19-54)31-6-8-33(9-7-31)52-43-42-44(49-27-48-43)56(28-50-42)36-23-34(24-36)51-41(59)22-29-4-2-1-3-5-29/h1-11,25,27-28,30,32,34,36,39H,12-24,26H2,(H,51,59)(H,48,49,52)(H,53,58,60)/t34?,36?,39-/m0/s1. The largest absolute Gasteiger partial charge is 0.371 e. The fourth-order valence-corrected chi connectivity index (χ4v) is 10.0. The third kappa shape index (κ3) is 7.92. The number of likely N-dealkylation sites (tertiary alicyclic amines) is 1. The van der Waals surface area contributed by atoms with E-state index in [1.54, 1.807) is 18.5 Å². The van der Waals surface area contributed by atoms with Crippen molar-refractivity contribution in [2.24, 2.45) is 5.92 Å². The van der Waals surface area contributed by atoms with Gasteiger partial charge in [0.05, 0.1) is 23.9 Å². The number of imide groups is 2. The Labute approximate surface area is 359 Å². The molecule has 3 aromatic carbocycles. The SMILES string of the molecule is O=C1CC[C@H](N2C(=O)c3ccc(N4CCC(CN5CCC(c6ccc(Nc7ncnc8c7ncn8C7CC(NC(=O)Cc8ccccc8)C7)cc6)CC5)CC4)cc3C2=O)C(=O)N1. The minimum Gasteiger partial charge on any atom is -0.371 e. The third-order valence-corrected chi connectivity index (χ3v) is 13.6. The van der Waals surface area contributed by atoms with Gasteiger partial charge in [-0.2, -0.15) is 0 Å². The molecule has 15 nitrogen and oxygen atoms in total. The Morgan fingerprint density at radius 2 is 1.55 bits per heavy atom. The second-order valence-corrected chi connectivity index (χ2v) is 17.5. The molecule has 2 aromatic heterocycles. The number of anilines is 3. The van der Waals surface area contributed by atoms with E-state index in [1.807, 2.05) is 42.7 Å². The van der Waals surface area contributed by atoms with Crippen LogP contribution >= 0.6 is 0 Å². The summed E-state index contributed by atoms with van der Waals surface area (Å²) in [5, 5.41) is 8.90. The summed E-state index contributed by atoms with van der Waals surface area (Å²) in [5.74, 6) is -0.102. The molecule has 0 unspecified atom stereocenters. The number of hydrogen-bond donors (Lipinski definition) is 3. The van der Waals surface area contributed by atoms with Gasteiger partial charge in [-0.1, -0.05) is 42.5 Å². The summed E-state index contributed by atoms with van der Waals surface area (Å²) in [6, 6.07) is 23.3. The van der Waals surface area contributed by atoms with Crippen LogP contribution < -0.4 is 20.9 Å². The molecule has 5 aliphatic rings. The molecule has 3 saturated heterocycles. The number of carbonyl (C=O) groups excluding carboxylic acids is 5. The van der Waals surface area contributed by atoms with E-state index in [2.05, 4.69) is 64.6 Å². The van der Waals surface area contributed by atoms with Gasteiger partial charge in [-0.05, 0) is 111 Å². The topological polar surface area (TPSA) is 175 Å². The maximum Gasteiger partial charge on any atom is 0.262 e. The fourth-order valence-electron chi connectivity index (χ4n) is 10.0. The van der Waals surface area contributed by atoms with E-state index in [9.17, 15) is 24.0 Å². The number of nitrogens with zero attached hydrogens (tertiary/aromatic N) is 7. The molecule has 318 valence electrons. The number of amides is 5. The molecular formula is C47H50N10O5. The van der Waals surface area contributed by atoms with Crippen LogP contribution in [0.25, 0.3) is 11.2 Å². The van der Waals surface area contributed by atoms with Gasteiger partial charge >= 0.3 is 0 Å². The Balaban J connectivity index is 0.675. The number of rotatable bonds is 11. The molecule has 0 spiro atoms. The van der Waals surface area contributed by atoms with Gasteiger partial charge in [0, 0.05) is 49.5 Å². The molecule has 1 atom stereocenters. The van der Waals surface area contributed by atoms with Gasteiger partial charge in [-0.3, -0.25) is 34.2 Å². The second kappa shape index (κ2) is 16.8. The molecule has 10 rings (SSSR count). The van der Waals surface area contributed by atoms with Crippen LogP contribution in [-0.2, 0) is 20.8 Å². The van der Waals surface area contributed by atoms with Crippen molar-refractivity contribution in [2.75, 3.05) is 42.9 Å². The molecule has 1 saturated carbocycles. The molecule has 5 amide bonds. The highest BCUT2D eigenvalue weighted by atomic mass is 16.2. The molecule has 1 aliphatic carbocycles. The molecule has 0 bridgehead atoms. The van der Waals surface area contributed by atoms with Gasteiger partial charge in [0.15, 0.2) is 17.0 Å². The number of carbonyl (C=O) groups is 5. The third-order valence-electron chi connectivity index (χ3n) is 13.6. The van der Waals surface area contributed by atoms with Crippen LogP contribution in [-0.4, -0.2) is 104 Å². The van der Waals surface area contributed by atoms with E-state index in [0.717, 1.165) is 104 Å². The summed E-state index contributed by atoms with van der Waals surface area (Å²) in [4.78, 5) is 82.9. The summed E-state index contributed by atoms with van der Waals surface area (Å²) in [6.07, 6.45) is 10.1. The van der Waals surface area contributed by atoms with E-state index < -0.39 is 23.8 Å². The van der Waals surface area contributed by atoms with Crippen LogP contribution in [0.2, 0.25) is 0 Å². The predicted octanol–water partition coefficient (Wildman–Crippen LogP) is 5.13. The molecule has 3 N–H and O–H groups in total. The van der Waals surface area contributed by atoms with Crippen molar-refractivity contribution in [1.29, 1.82) is 0 Å². The molecular weight excluding hydrogens is 785 g/mol. The summed E-state index contributed by atoms with van der Waals surface area (Å²) in [7, 11) is 0. The summed E-state index contributed by atoms with van der Waals surface area (Å²) >= 11 is 0. The first-order valence-electron chi connectivity index (χ1n) is 21.9. The van der Waals surface area contributed by atoms with Gasteiger partial charge in [0.2, 0.25) is 17.7 Å². The van der Waals surface area contributed by atoms with Crippen molar-refractivity contribution >= 4 is 57.9 Å². The Kier molecular flexibility index (Phi) is 10.7. The lowest BCUT2D eigenvalue weighted by Crippen LogP contribution is -2.54. The quantitative estimate of drug-likeness (QED) is 0.151. The molecule has 5 aromatic rings. The van der Waals surface area contributed by atoms with Gasteiger partial charge in [-0.15, -0.1) is 0 Å². The maximum absolute atomic E-state index is 13.4. The average Bonchev–Trinajstić information content (AvgIpc) is 3.81. The Bertz CT molecular complexity index is 2520. The van der Waals surface area contributed by atoms with Gasteiger partial charge in [-0.25, -0.2) is 15.0 Å². The second-order valence-electron chi connectivity index (χ2n) is 17.5. The van der Waals surface area contributed by atoms with E-state index >= 15 is 0 Å². The Hall–Kier alpha value is -6.48. The molecule has 4 fully saturated rings. The van der Waals surface area contributed by atoms with E-state index in [1.165, 1.54) is 5.56 Å². The number of piperidine rings is 3. The molecule has 15 heteroatoms. The lowest BCUT2D eigenvalue weighted by Gasteiger charge is -2.38. The van der Waals surface area contributed by atoms with E-state index in [4.69, 9.17) is 4.98 Å². The smallest absolute Gasteiger partial charge is 0.262 e. The van der Waals surface area contributed by atoms with Crippen LogP contribution in [0.5, 0.6) is 0 Å². The molecule has 6 heterocycles. The lowest BCUT2D eigenvalue weighted by molar-refractivity contribution is -0.136. The Morgan fingerprint density at radius 3 is 2.31 bits per heavy atom. The van der Waals surface area contributed by atoms with E-state index in [0.29, 0.717) is 35.2 Å². The van der Waals surface area contributed by atoms with Crippen LogP contribution in [0, 0.1) is 5.92 Å². The summed E-state index contributed by atoms with van der Waals surface area (Å²) < 4.78 is 2.10. The minimum atomic E-state index is -0.963. The number of fused-ring (bicyclic) bond motifs is 2. The first-order valence-corrected chi connectivity index (χ1v) is 21.9. The highest BCUT2D eigenvalue weighted by molar-refractivity contribution is 6.23. The van der Waals surface area contributed by atoms with Crippen molar-refractivity contribution in [3.05, 3.63) is 108 Å². The number of aromatic nitrogens is 4. The van der Waals surface area contributed by atoms with Gasteiger partial charge in [0.1, 0.15) is 12.4 Å². The van der Waals surface area contributed by atoms with Crippen molar-refractivity contribution < 1.29 is 24.0 Å². The van der Waals surface area contributed by atoms with Gasteiger partial charge in [0.25, 0.3) is 11.8 Å². The zero-order valence-corrected chi connectivity index (χ0v) is 34.5. The van der Waals surface area contributed by atoms with Crippen LogP contribution in [0.15, 0.2) is 85.5 Å². The Morgan fingerprint density at radius 1 is 0.790 bits per heavy atom. The predicted molar refractivity (Wildman–Crippen MR) is 232 cm³/mol. The average molecular weight is 835 g/mol. The number of hydrogen-bond acceptors (Lipinski definition) is 11. The normalized spacial score (nSPS) is 22.4. The van der Waals surface area contributed by atoms with Crippen LogP contribution in [0.3, 0.4) is 0 Å². The first kappa shape index (κ1) is 39.6. The zero-order valence-electron chi connectivity index (χ0n) is 34.5. The molecule has 0 radical (unpaired) electrons. The lowest BCUT2D eigenvalue weighted by atomic mass is 9.86. The van der Waals surface area contributed by atoms with E-state index in [-0.39, 0.29) is 36.7 Å². The van der Waals surface area contributed by atoms with Crippen LogP contribution in [0.4, 0.5) is 17.2 Å². The maximum atomic E-state index is 13.4. The van der Waals surface area contributed by atoms with Crippen molar-refractivity contribution in [3.8, 4) is 0 Å². The molecule has 4 aliphatic heterocycles. The fraction of sp³-hybridized carbons (Fsp3) is 0.404. The van der Waals surface area contributed by atoms with Crippen molar-refractivity contribution in [1.82, 2.24) is 40.0 Å². The number of benzene rings is 3. The highest BCUT2D eigenvalue weighted by Gasteiger charge is 2.45. The molecule has 62 heavy (non-hydrogen) atoms. The zero-order chi connectivity index (χ0) is 42.3. The summed E-state index contributed by atoms with van der Waals surface area (Å²) in [6.45, 7) is 4.97. The number of imidazole rings is 1. The van der Waals surface area contributed by atoms with Crippen LogP contribution in [0.1, 0.15) is 95.2 Å². The first-order chi connectivity index (χ1) is 30.2. The van der Waals surface area contributed by atoms with Gasteiger partial charge < -0.3 is 25.0 Å². The summed E-state index contributed by atoms with van der Waals surface area (Å²) in [5.41, 5.74) is 6.38. The number of nitrogens with one attached hydrogen (secondary N) is 3. The minimum absolute atomic E-state index is 0.0475. The van der Waals surface area contributed by atoms with Crippen molar-refractivity contribution in [2.45, 2.75) is 81.8 Å². The monoisotopic (exact) mass is 834 g/mol. The van der Waals surface area contributed by atoms with Crippen molar-refractivity contribution in [3.63, 3.8) is 0 Å². The highest BCUT2D eigenvalue weighted by Crippen LogP contribution is 2.37.